The van der Waals surface area contributed by atoms with Gasteiger partial charge < -0.3 is 10.1 Å². The molecular formula is C18H31NO. The van der Waals surface area contributed by atoms with E-state index in [0.29, 0.717) is 0 Å². The van der Waals surface area contributed by atoms with E-state index < -0.39 is 0 Å². The van der Waals surface area contributed by atoms with Crippen molar-refractivity contribution in [2.24, 2.45) is 5.92 Å². The number of nitrogens with one attached hydrogen (secondary N) is 1. The minimum atomic E-state index is 0.736. The lowest BCUT2D eigenvalue weighted by molar-refractivity contribution is 0.190. The van der Waals surface area contributed by atoms with Crippen molar-refractivity contribution in [2.75, 3.05) is 26.8 Å². The molecule has 0 saturated carbocycles. The lowest BCUT2D eigenvalue weighted by Crippen LogP contribution is -2.25. The zero-order valence-corrected chi connectivity index (χ0v) is 13.5. The third-order valence-corrected chi connectivity index (χ3v) is 3.84. The molecule has 0 fully saturated rings. The molecule has 0 bridgehead atoms. The van der Waals surface area contributed by atoms with E-state index in [1.807, 2.05) is 0 Å². The van der Waals surface area contributed by atoms with E-state index in [1.165, 1.54) is 43.2 Å². The molecule has 114 valence electrons. The SMILES string of the molecule is CCCNCC(CCCCOC)Cc1ccccc1C. The Kier molecular flexibility index (Phi) is 9.35. The van der Waals surface area contributed by atoms with Crippen molar-refractivity contribution >= 4 is 0 Å². The highest BCUT2D eigenvalue weighted by Gasteiger charge is 2.10. The Hall–Kier alpha value is -0.860. The van der Waals surface area contributed by atoms with Gasteiger partial charge in [-0.25, -0.2) is 0 Å². The van der Waals surface area contributed by atoms with E-state index in [-0.39, 0.29) is 0 Å². The molecule has 2 nitrogen and oxygen atoms in total. The Labute approximate surface area is 124 Å². The van der Waals surface area contributed by atoms with Gasteiger partial charge in [0.2, 0.25) is 0 Å². The molecule has 0 aliphatic rings. The van der Waals surface area contributed by atoms with Crippen molar-refractivity contribution < 1.29 is 4.74 Å². The molecule has 1 aromatic carbocycles. The van der Waals surface area contributed by atoms with Crippen molar-refractivity contribution in [3.8, 4) is 0 Å². The summed E-state index contributed by atoms with van der Waals surface area (Å²) in [5, 5.41) is 3.58. The molecule has 1 unspecified atom stereocenters. The molecule has 0 saturated heterocycles. The maximum atomic E-state index is 5.14. The largest absolute Gasteiger partial charge is 0.385 e. The monoisotopic (exact) mass is 277 g/mol. The van der Waals surface area contributed by atoms with Crippen LogP contribution in [0.3, 0.4) is 0 Å². The molecule has 0 heterocycles. The number of benzene rings is 1. The highest BCUT2D eigenvalue weighted by Crippen LogP contribution is 2.17. The van der Waals surface area contributed by atoms with E-state index >= 15 is 0 Å². The number of aryl methyl sites for hydroxylation is 1. The van der Waals surface area contributed by atoms with Crippen molar-refractivity contribution in [1.82, 2.24) is 5.32 Å². The fourth-order valence-electron chi connectivity index (χ4n) is 2.59. The van der Waals surface area contributed by atoms with Crippen LogP contribution in [0.1, 0.15) is 43.7 Å². The van der Waals surface area contributed by atoms with Gasteiger partial charge in [-0.05, 0) is 62.7 Å². The van der Waals surface area contributed by atoms with Gasteiger partial charge in [0.25, 0.3) is 0 Å². The Bertz CT molecular complexity index is 351. The highest BCUT2D eigenvalue weighted by molar-refractivity contribution is 5.25. The quantitative estimate of drug-likeness (QED) is 0.618. The zero-order chi connectivity index (χ0) is 14.6. The van der Waals surface area contributed by atoms with E-state index in [4.69, 9.17) is 4.74 Å². The molecule has 1 rings (SSSR count). The molecule has 1 N–H and O–H groups in total. The molecule has 0 amide bonds. The standard InChI is InChI=1S/C18H31NO/c1-4-12-19-15-17(10-7-8-13-20-3)14-18-11-6-5-9-16(18)2/h5-6,9,11,17,19H,4,7-8,10,12-15H2,1-3H3. The molecule has 0 aromatic heterocycles. The molecule has 2 heteroatoms. The first-order valence-electron chi connectivity index (χ1n) is 8.02. The average molecular weight is 277 g/mol. The summed E-state index contributed by atoms with van der Waals surface area (Å²) in [7, 11) is 1.79. The van der Waals surface area contributed by atoms with Crippen LogP contribution in [-0.4, -0.2) is 26.8 Å². The van der Waals surface area contributed by atoms with E-state index in [2.05, 4.69) is 43.4 Å². The first-order valence-corrected chi connectivity index (χ1v) is 8.02. The predicted molar refractivity (Wildman–Crippen MR) is 87.3 cm³/mol. The highest BCUT2D eigenvalue weighted by atomic mass is 16.5. The van der Waals surface area contributed by atoms with Gasteiger partial charge in [-0.3, -0.25) is 0 Å². The second kappa shape index (κ2) is 10.9. The van der Waals surface area contributed by atoms with Crippen molar-refractivity contribution in [3.05, 3.63) is 35.4 Å². The summed E-state index contributed by atoms with van der Waals surface area (Å²) >= 11 is 0. The summed E-state index contributed by atoms with van der Waals surface area (Å²) in [6.07, 6.45) is 6.12. The summed E-state index contributed by atoms with van der Waals surface area (Å²) in [5.41, 5.74) is 2.92. The topological polar surface area (TPSA) is 21.3 Å². The number of ether oxygens (including phenoxy) is 1. The maximum Gasteiger partial charge on any atom is 0.0462 e. The normalized spacial score (nSPS) is 12.6. The first kappa shape index (κ1) is 17.2. The lowest BCUT2D eigenvalue weighted by atomic mass is 9.92. The van der Waals surface area contributed by atoms with Crippen molar-refractivity contribution in [1.29, 1.82) is 0 Å². The van der Waals surface area contributed by atoms with E-state index in [9.17, 15) is 0 Å². The van der Waals surface area contributed by atoms with Gasteiger partial charge in [-0.2, -0.15) is 0 Å². The fourth-order valence-corrected chi connectivity index (χ4v) is 2.59. The molecule has 0 aliphatic carbocycles. The van der Waals surface area contributed by atoms with Crippen molar-refractivity contribution in [2.45, 2.75) is 46.0 Å². The van der Waals surface area contributed by atoms with Crippen LogP contribution in [-0.2, 0) is 11.2 Å². The Morgan fingerprint density at radius 1 is 1.20 bits per heavy atom. The summed E-state index contributed by atoms with van der Waals surface area (Å²) in [6, 6.07) is 8.78. The van der Waals surface area contributed by atoms with Crippen LogP contribution in [0.15, 0.2) is 24.3 Å². The number of methoxy groups -OCH3 is 1. The van der Waals surface area contributed by atoms with Crippen LogP contribution in [0.5, 0.6) is 0 Å². The maximum absolute atomic E-state index is 5.14. The van der Waals surface area contributed by atoms with Gasteiger partial charge >= 0.3 is 0 Å². The van der Waals surface area contributed by atoms with Crippen LogP contribution >= 0.6 is 0 Å². The van der Waals surface area contributed by atoms with Crippen LogP contribution in [0.2, 0.25) is 0 Å². The Morgan fingerprint density at radius 2 is 2.00 bits per heavy atom. The number of hydrogen-bond donors (Lipinski definition) is 1. The summed E-state index contributed by atoms with van der Waals surface area (Å²) < 4.78 is 5.14. The second-order valence-electron chi connectivity index (χ2n) is 5.69. The van der Waals surface area contributed by atoms with Gasteiger partial charge in [0.15, 0.2) is 0 Å². The minimum Gasteiger partial charge on any atom is -0.385 e. The smallest absolute Gasteiger partial charge is 0.0462 e. The molecular weight excluding hydrogens is 246 g/mol. The Morgan fingerprint density at radius 3 is 2.70 bits per heavy atom. The summed E-state index contributed by atoms with van der Waals surface area (Å²) in [6.45, 7) is 7.59. The van der Waals surface area contributed by atoms with Crippen LogP contribution < -0.4 is 5.32 Å². The van der Waals surface area contributed by atoms with Gasteiger partial charge in [-0.15, -0.1) is 0 Å². The van der Waals surface area contributed by atoms with Crippen LogP contribution in [0, 0.1) is 12.8 Å². The fraction of sp³-hybridized carbons (Fsp3) is 0.667. The third kappa shape index (κ3) is 7.06. The molecule has 1 aromatic rings. The van der Waals surface area contributed by atoms with Gasteiger partial charge in [0.05, 0.1) is 0 Å². The van der Waals surface area contributed by atoms with Crippen LogP contribution in [0.25, 0.3) is 0 Å². The second-order valence-corrected chi connectivity index (χ2v) is 5.69. The van der Waals surface area contributed by atoms with E-state index in [0.717, 1.165) is 25.6 Å². The lowest BCUT2D eigenvalue weighted by Gasteiger charge is -2.19. The molecule has 0 aliphatic heterocycles. The zero-order valence-electron chi connectivity index (χ0n) is 13.5. The number of unbranched alkanes of at least 4 members (excludes halogenated alkanes) is 1. The van der Waals surface area contributed by atoms with Crippen molar-refractivity contribution in [3.63, 3.8) is 0 Å². The van der Waals surface area contributed by atoms with Gasteiger partial charge in [-0.1, -0.05) is 37.6 Å². The molecule has 0 radical (unpaired) electrons. The average Bonchev–Trinajstić information content (AvgIpc) is 2.46. The summed E-state index contributed by atoms with van der Waals surface area (Å²) in [4.78, 5) is 0. The first-order chi connectivity index (χ1) is 9.77. The molecule has 1 atom stereocenters. The molecule has 0 spiro atoms. The predicted octanol–water partition coefficient (Wildman–Crippen LogP) is 3.97. The number of rotatable bonds is 11. The van der Waals surface area contributed by atoms with E-state index in [1.54, 1.807) is 7.11 Å². The summed E-state index contributed by atoms with van der Waals surface area (Å²) in [5.74, 6) is 0.736. The number of hydrogen-bond acceptors (Lipinski definition) is 2. The minimum absolute atomic E-state index is 0.736. The van der Waals surface area contributed by atoms with Gasteiger partial charge in [0, 0.05) is 13.7 Å². The Balaban J connectivity index is 2.46. The molecule has 20 heavy (non-hydrogen) atoms. The van der Waals surface area contributed by atoms with Gasteiger partial charge in [0.1, 0.15) is 0 Å². The van der Waals surface area contributed by atoms with Crippen LogP contribution in [0.4, 0.5) is 0 Å². The third-order valence-electron chi connectivity index (χ3n) is 3.84.